The van der Waals surface area contributed by atoms with Gasteiger partial charge in [0, 0.05) is 17.3 Å². The molecule has 0 amide bonds. The van der Waals surface area contributed by atoms with E-state index in [4.69, 9.17) is 5.26 Å². The highest BCUT2D eigenvalue weighted by Crippen LogP contribution is 2.26. The molecule has 0 N–H and O–H groups in total. The maximum atomic E-state index is 12.5. The Kier molecular flexibility index (Phi) is 3.75. The van der Waals surface area contributed by atoms with Crippen LogP contribution in [0.2, 0.25) is 0 Å². The lowest BCUT2D eigenvalue weighted by Gasteiger charge is -2.09. The van der Waals surface area contributed by atoms with Crippen LogP contribution in [0, 0.1) is 22.0 Å². The van der Waals surface area contributed by atoms with Crippen LogP contribution in [0.3, 0.4) is 0 Å². The highest BCUT2D eigenvalue weighted by molar-refractivity contribution is 14.1. The average Bonchev–Trinajstić information content (AvgIpc) is 2.11. The molecular formula is C9H7F2IN2. The van der Waals surface area contributed by atoms with Gasteiger partial charge in [-0.05, 0) is 35.1 Å². The Morgan fingerprint density at radius 2 is 2.29 bits per heavy atom. The molecule has 1 aromatic rings. The van der Waals surface area contributed by atoms with Crippen molar-refractivity contribution in [3.8, 4) is 6.07 Å². The average molecular weight is 308 g/mol. The van der Waals surface area contributed by atoms with Crippen LogP contribution in [0.4, 0.5) is 8.78 Å². The minimum absolute atomic E-state index is 0.0873. The fourth-order valence-corrected chi connectivity index (χ4v) is 1.87. The quantitative estimate of drug-likeness (QED) is 0.622. The van der Waals surface area contributed by atoms with Gasteiger partial charge in [-0.15, -0.1) is 0 Å². The molecule has 0 saturated heterocycles. The Hall–Kier alpha value is -0.770. The van der Waals surface area contributed by atoms with Crippen LogP contribution in [0.15, 0.2) is 6.20 Å². The van der Waals surface area contributed by atoms with Crippen LogP contribution in [0.25, 0.3) is 0 Å². The van der Waals surface area contributed by atoms with Gasteiger partial charge in [0.2, 0.25) is 0 Å². The first-order chi connectivity index (χ1) is 6.57. The Bertz CT molecular complexity index is 385. The zero-order chi connectivity index (χ0) is 10.7. The van der Waals surface area contributed by atoms with Crippen molar-refractivity contribution in [2.45, 2.75) is 19.8 Å². The van der Waals surface area contributed by atoms with Crippen LogP contribution in [-0.4, -0.2) is 4.98 Å². The second kappa shape index (κ2) is 4.64. The van der Waals surface area contributed by atoms with Crippen molar-refractivity contribution in [1.82, 2.24) is 4.98 Å². The molecule has 0 spiro atoms. The number of nitrogens with zero attached hydrogens (tertiary/aromatic N) is 2. The molecule has 0 bridgehead atoms. The highest BCUT2D eigenvalue weighted by Gasteiger charge is 2.15. The van der Waals surface area contributed by atoms with E-state index >= 15 is 0 Å². The molecule has 0 aliphatic carbocycles. The first-order valence-electron chi connectivity index (χ1n) is 3.87. The van der Waals surface area contributed by atoms with E-state index in [0.29, 0.717) is 14.8 Å². The van der Waals surface area contributed by atoms with Crippen LogP contribution >= 0.6 is 22.6 Å². The minimum atomic E-state index is -2.53. The smallest absolute Gasteiger partial charge is 0.249 e. The van der Waals surface area contributed by atoms with E-state index in [-0.39, 0.29) is 12.0 Å². The lowest BCUT2D eigenvalue weighted by atomic mass is 10.0. The normalized spacial score (nSPS) is 10.3. The molecule has 0 aliphatic rings. The van der Waals surface area contributed by atoms with Gasteiger partial charge in [-0.2, -0.15) is 5.26 Å². The SMILES string of the molecule is Cc1c(C(F)F)cnc(I)c1CC#N. The Balaban J connectivity index is 3.27. The van der Waals surface area contributed by atoms with Crippen molar-refractivity contribution in [3.63, 3.8) is 0 Å². The van der Waals surface area contributed by atoms with E-state index in [1.807, 2.05) is 28.7 Å². The zero-order valence-electron chi connectivity index (χ0n) is 7.39. The van der Waals surface area contributed by atoms with Gasteiger partial charge in [-0.1, -0.05) is 0 Å². The standard InChI is InChI=1S/C9H7F2IN2/c1-5-6(2-3-13)9(12)14-4-7(5)8(10)11/h4,8H,2H2,1H3. The van der Waals surface area contributed by atoms with Gasteiger partial charge >= 0.3 is 0 Å². The van der Waals surface area contributed by atoms with Gasteiger partial charge in [0.15, 0.2) is 0 Å². The predicted molar refractivity (Wildman–Crippen MR) is 56.0 cm³/mol. The summed E-state index contributed by atoms with van der Waals surface area (Å²) in [4.78, 5) is 3.84. The van der Waals surface area contributed by atoms with E-state index < -0.39 is 6.43 Å². The van der Waals surface area contributed by atoms with E-state index in [0.717, 1.165) is 0 Å². The fraction of sp³-hybridized carbons (Fsp3) is 0.333. The molecule has 14 heavy (non-hydrogen) atoms. The molecule has 2 nitrogen and oxygen atoms in total. The summed E-state index contributed by atoms with van der Waals surface area (Å²) in [5, 5.41) is 8.53. The number of halogens is 3. The molecule has 1 rings (SSSR count). The van der Waals surface area contributed by atoms with Crippen molar-refractivity contribution in [1.29, 1.82) is 5.26 Å². The van der Waals surface area contributed by atoms with Crippen molar-refractivity contribution < 1.29 is 8.78 Å². The second-order valence-corrected chi connectivity index (χ2v) is 3.77. The van der Waals surface area contributed by atoms with E-state index in [1.165, 1.54) is 6.20 Å². The Morgan fingerprint density at radius 3 is 2.79 bits per heavy atom. The van der Waals surface area contributed by atoms with Gasteiger partial charge in [-0.25, -0.2) is 13.8 Å². The summed E-state index contributed by atoms with van der Waals surface area (Å²) in [5.74, 6) is 0. The van der Waals surface area contributed by atoms with Crippen molar-refractivity contribution in [2.75, 3.05) is 0 Å². The summed E-state index contributed by atoms with van der Waals surface area (Å²) in [6, 6.07) is 1.94. The highest BCUT2D eigenvalue weighted by atomic mass is 127. The van der Waals surface area contributed by atoms with Gasteiger partial charge in [0.25, 0.3) is 6.43 Å². The number of pyridine rings is 1. The van der Waals surface area contributed by atoms with Crippen molar-refractivity contribution in [2.24, 2.45) is 0 Å². The maximum Gasteiger partial charge on any atom is 0.265 e. The van der Waals surface area contributed by atoms with Crippen LogP contribution in [-0.2, 0) is 6.42 Å². The summed E-state index contributed by atoms with van der Waals surface area (Å²) < 4.78 is 25.5. The summed E-state index contributed by atoms with van der Waals surface area (Å²) in [6.45, 7) is 1.60. The predicted octanol–water partition coefficient (Wildman–Crippen LogP) is 3.00. The molecule has 0 aliphatic heterocycles. The maximum absolute atomic E-state index is 12.5. The summed E-state index contributed by atoms with van der Waals surface area (Å²) in [7, 11) is 0. The molecule has 0 unspecified atom stereocenters. The van der Waals surface area contributed by atoms with E-state index in [1.54, 1.807) is 6.92 Å². The van der Waals surface area contributed by atoms with Crippen LogP contribution < -0.4 is 0 Å². The molecule has 74 valence electrons. The largest absolute Gasteiger partial charge is 0.265 e. The third-order valence-electron chi connectivity index (χ3n) is 1.94. The summed E-state index contributed by atoms with van der Waals surface area (Å²) in [5.41, 5.74) is 0.988. The molecule has 0 fully saturated rings. The molecule has 1 heterocycles. The van der Waals surface area contributed by atoms with Gasteiger partial charge in [0.05, 0.1) is 12.5 Å². The Morgan fingerprint density at radius 1 is 1.64 bits per heavy atom. The van der Waals surface area contributed by atoms with E-state index in [2.05, 4.69) is 4.98 Å². The molecule has 0 aromatic carbocycles. The lowest BCUT2D eigenvalue weighted by Crippen LogP contribution is -2.01. The van der Waals surface area contributed by atoms with Crippen LogP contribution in [0.5, 0.6) is 0 Å². The van der Waals surface area contributed by atoms with Gasteiger partial charge < -0.3 is 0 Å². The third-order valence-corrected chi connectivity index (χ3v) is 2.87. The van der Waals surface area contributed by atoms with Crippen LogP contribution in [0.1, 0.15) is 23.1 Å². The first-order valence-corrected chi connectivity index (χ1v) is 4.94. The molecule has 0 saturated carbocycles. The van der Waals surface area contributed by atoms with Crippen molar-refractivity contribution in [3.05, 3.63) is 26.6 Å². The number of alkyl halides is 2. The monoisotopic (exact) mass is 308 g/mol. The van der Waals surface area contributed by atoms with Gasteiger partial charge in [0.1, 0.15) is 3.70 Å². The summed E-state index contributed by atoms with van der Waals surface area (Å²) in [6.07, 6.45) is -1.24. The molecule has 5 heteroatoms. The minimum Gasteiger partial charge on any atom is -0.249 e. The first kappa shape index (κ1) is 11.3. The summed E-state index contributed by atoms with van der Waals surface area (Å²) >= 11 is 1.94. The zero-order valence-corrected chi connectivity index (χ0v) is 9.55. The number of nitriles is 1. The van der Waals surface area contributed by atoms with E-state index in [9.17, 15) is 8.78 Å². The fourth-order valence-electron chi connectivity index (χ4n) is 1.13. The number of hydrogen-bond acceptors (Lipinski definition) is 2. The number of rotatable bonds is 2. The van der Waals surface area contributed by atoms with Crippen molar-refractivity contribution >= 4 is 22.6 Å². The second-order valence-electron chi connectivity index (χ2n) is 2.74. The third kappa shape index (κ3) is 2.18. The van der Waals surface area contributed by atoms with Gasteiger partial charge in [-0.3, -0.25) is 0 Å². The molecule has 1 aromatic heterocycles. The number of hydrogen-bond donors (Lipinski definition) is 0. The molecule has 0 radical (unpaired) electrons. The Labute approximate surface area is 94.1 Å². The topological polar surface area (TPSA) is 36.7 Å². The molecule has 0 atom stereocenters. The number of aromatic nitrogens is 1. The lowest BCUT2D eigenvalue weighted by molar-refractivity contribution is 0.150. The molecular weight excluding hydrogens is 301 g/mol.